The topological polar surface area (TPSA) is 14.2 Å². The summed E-state index contributed by atoms with van der Waals surface area (Å²) in [6.07, 6.45) is 5.07. The summed E-state index contributed by atoms with van der Waals surface area (Å²) in [7, 11) is 0. The SMILES string of the molecule is CCOC(C)n1[c]ccc1. The van der Waals surface area contributed by atoms with Gasteiger partial charge in [-0.15, -0.1) is 0 Å². The highest BCUT2D eigenvalue weighted by atomic mass is 16.5. The highest BCUT2D eigenvalue weighted by Gasteiger charge is 1.99. The molecule has 0 saturated heterocycles. The first-order chi connectivity index (χ1) is 4.84. The lowest BCUT2D eigenvalue weighted by Gasteiger charge is -2.11. The van der Waals surface area contributed by atoms with Crippen molar-refractivity contribution in [3.05, 3.63) is 24.5 Å². The van der Waals surface area contributed by atoms with E-state index in [-0.39, 0.29) is 6.23 Å². The van der Waals surface area contributed by atoms with E-state index in [0.717, 1.165) is 6.61 Å². The maximum Gasteiger partial charge on any atom is 0.131 e. The summed E-state index contributed by atoms with van der Waals surface area (Å²) in [5, 5.41) is 0. The summed E-state index contributed by atoms with van der Waals surface area (Å²) in [5.41, 5.74) is 0. The van der Waals surface area contributed by atoms with Crippen LogP contribution in [-0.2, 0) is 4.74 Å². The summed E-state index contributed by atoms with van der Waals surface area (Å²) >= 11 is 0. The molecule has 10 heavy (non-hydrogen) atoms. The van der Waals surface area contributed by atoms with Crippen LogP contribution in [0.5, 0.6) is 0 Å². The molecule has 0 aliphatic rings. The predicted octanol–water partition coefficient (Wildman–Crippen LogP) is 1.84. The van der Waals surface area contributed by atoms with E-state index in [1.54, 1.807) is 0 Å². The quantitative estimate of drug-likeness (QED) is 0.621. The molecule has 0 aromatic carbocycles. The Morgan fingerprint density at radius 2 is 2.50 bits per heavy atom. The van der Waals surface area contributed by atoms with Crippen LogP contribution >= 0.6 is 0 Å². The van der Waals surface area contributed by atoms with Crippen LogP contribution in [0.2, 0.25) is 0 Å². The van der Waals surface area contributed by atoms with E-state index in [2.05, 4.69) is 6.20 Å². The van der Waals surface area contributed by atoms with E-state index in [4.69, 9.17) is 4.74 Å². The molecule has 1 rings (SSSR count). The van der Waals surface area contributed by atoms with Crippen LogP contribution in [-0.4, -0.2) is 11.2 Å². The minimum absolute atomic E-state index is 0.111. The number of nitrogens with zero attached hydrogens (tertiary/aromatic N) is 1. The highest BCUT2D eigenvalue weighted by molar-refractivity contribution is 4.89. The smallest absolute Gasteiger partial charge is 0.131 e. The van der Waals surface area contributed by atoms with Gasteiger partial charge in [-0.1, -0.05) is 0 Å². The van der Waals surface area contributed by atoms with Crippen molar-refractivity contribution in [2.45, 2.75) is 20.1 Å². The molecule has 1 unspecified atom stereocenters. The standard InChI is InChI=1S/C8H12NO/c1-3-10-8(2)9-6-4-5-7-9/h4-6,8H,3H2,1-2H3. The molecule has 0 spiro atoms. The molecule has 1 radical (unpaired) electrons. The Bertz CT molecular complexity index is 169. The van der Waals surface area contributed by atoms with Crippen molar-refractivity contribution in [2.24, 2.45) is 0 Å². The highest BCUT2D eigenvalue weighted by Crippen LogP contribution is 2.05. The predicted molar refractivity (Wildman–Crippen MR) is 39.6 cm³/mol. The fourth-order valence-electron chi connectivity index (χ4n) is 0.856. The molecule has 2 nitrogen and oxygen atoms in total. The first kappa shape index (κ1) is 7.35. The lowest BCUT2D eigenvalue weighted by Crippen LogP contribution is -2.06. The van der Waals surface area contributed by atoms with Gasteiger partial charge in [-0.3, -0.25) is 0 Å². The van der Waals surface area contributed by atoms with Gasteiger partial charge in [-0.2, -0.15) is 0 Å². The van der Waals surface area contributed by atoms with E-state index in [1.807, 2.05) is 36.7 Å². The average molecular weight is 138 g/mol. The molecule has 1 atom stereocenters. The molecule has 55 valence electrons. The molecule has 0 saturated carbocycles. The van der Waals surface area contributed by atoms with Gasteiger partial charge < -0.3 is 9.30 Å². The second-order valence-corrected chi connectivity index (χ2v) is 2.10. The van der Waals surface area contributed by atoms with Gasteiger partial charge in [0.15, 0.2) is 0 Å². The van der Waals surface area contributed by atoms with Crippen molar-refractivity contribution < 1.29 is 4.74 Å². The van der Waals surface area contributed by atoms with Gasteiger partial charge in [-0.05, 0) is 26.0 Å². The van der Waals surface area contributed by atoms with Crippen molar-refractivity contribution in [1.29, 1.82) is 0 Å². The fraction of sp³-hybridized carbons (Fsp3) is 0.500. The van der Waals surface area contributed by atoms with E-state index in [0.29, 0.717) is 0 Å². The summed E-state index contributed by atoms with van der Waals surface area (Å²) in [4.78, 5) is 0. The zero-order valence-electron chi connectivity index (χ0n) is 6.37. The summed E-state index contributed by atoms with van der Waals surface area (Å²) in [6, 6.07) is 3.81. The minimum Gasteiger partial charge on any atom is -0.359 e. The van der Waals surface area contributed by atoms with Crippen LogP contribution in [0.1, 0.15) is 20.1 Å². The van der Waals surface area contributed by atoms with Gasteiger partial charge >= 0.3 is 0 Å². The molecule has 0 bridgehead atoms. The Hall–Kier alpha value is -0.760. The maximum absolute atomic E-state index is 5.32. The van der Waals surface area contributed by atoms with Gasteiger partial charge in [0.1, 0.15) is 6.23 Å². The second-order valence-electron chi connectivity index (χ2n) is 2.10. The van der Waals surface area contributed by atoms with Crippen LogP contribution < -0.4 is 0 Å². The second kappa shape index (κ2) is 3.42. The van der Waals surface area contributed by atoms with Crippen LogP contribution in [0, 0.1) is 6.20 Å². The zero-order chi connectivity index (χ0) is 7.40. The van der Waals surface area contributed by atoms with E-state index >= 15 is 0 Å². The van der Waals surface area contributed by atoms with Gasteiger partial charge in [0, 0.05) is 12.8 Å². The fourth-order valence-corrected chi connectivity index (χ4v) is 0.856. The van der Waals surface area contributed by atoms with Crippen LogP contribution in [0.4, 0.5) is 0 Å². The molecule has 1 aromatic heterocycles. The monoisotopic (exact) mass is 138 g/mol. The molecular weight excluding hydrogens is 126 g/mol. The lowest BCUT2D eigenvalue weighted by molar-refractivity contribution is 0.0245. The summed E-state index contributed by atoms with van der Waals surface area (Å²) in [5.74, 6) is 0. The number of rotatable bonds is 3. The van der Waals surface area contributed by atoms with E-state index in [1.165, 1.54) is 0 Å². The van der Waals surface area contributed by atoms with E-state index in [9.17, 15) is 0 Å². The first-order valence-electron chi connectivity index (χ1n) is 3.50. The molecule has 0 aliphatic carbocycles. The number of ether oxygens (including phenoxy) is 1. The molecule has 0 N–H and O–H groups in total. The largest absolute Gasteiger partial charge is 0.359 e. The number of hydrogen-bond donors (Lipinski definition) is 0. The van der Waals surface area contributed by atoms with Crippen LogP contribution in [0.15, 0.2) is 18.3 Å². The van der Waals surface area contributed by atoms with Crippen molar-refractivity contribution in [1.82, 2.24) is 4.57 Å². The molecule has 0 fully saturated rings. The third kappa shape index (κ3) is 1.61. The van der Waals surface area contributed by atoms with Gasteiger partial charge in [0.25, 0.3) is 0 Å². The Morgan fingerprint density at radius 1 is 1.70 bits per heavy atom. The average Bonchev–Trinajstić information content (AvgIpc) is 2.38. The van der Waals surface area contributed by atoms with Crippen molar-refractivity contribution >= 4 is 0 Å². The van der Waals surface area contributed by atoms with Gasteiger partial charge in [-0.25, -0.2) is 0 Å². The van der Waals surface area contributed by atoms with Gasteiger partial charge in [0.2, 0.25) is 0 Å². The summed E-state index contributed by atoms with van der Waals surface area (Å²) < 4.78 is 7.22. The Labute approximate surface area is 61.4 Å². The molecule has 2 heteroatoms. The van der Waals surface area contributed by atoms with Crippen molar-refractivity contribution in [3.63, 3.8) is 0 Å². The van der Waals surface area contributed by atoms with Crippen LogP contribution in [0.25, 0.3) is 0 Å². The lowest BCUT2D eigenvalue weighted by atomic mass is 10.6. The van der Waals surface area contributed by atoms with Crippen molar-refractivity contribution in [3.8, 4) is 0 Å². The first-order valence-corrected chi connectivity index (χ1v) is 3.50. The Morgan fingerprint density at radius 3 is 3.00 bits per heavy atom. The maximum atomic E-state index is 5.32. The van der Waals surface area contributed by atoms with Crippen LogP contribution in [0.3, 0.4) is 0 Å². The Balaban J connectivity index is 2.50. The molecule has 1 heterocycles. The van der Waals surface area contributed by atoms with E-state index < -0.39 is 0 Å². The third-order valence-electron chi connectivity index (χ3n) is 1.37. The molecular formula is C8H12NO. The summed E-state index contributed by atoms with van der Waals surface area (Å²) in [6.45, 7) is 4.73. The van der Waals surface area contributed by atoms with Gasteiger partial charge in [0.05, 0.1) is 6.20 Å². The number of hydrogen-bond acceptors (Lipinski definition) is 1. The molecule has 0 amide bonds. The Kier molecular flexibility index (Phi) is 2.51. The minimum atomic E-state index is 0.111. The normalized spacial score (nSPS) is 13.4. The molecule has 0 aliphatic heterocycles. The number of aromatic nitrogens is 1. The molecule has 1 aromatic rings. The van der Waals surface area contributed by atoms with Crippen molar-refractivity contribution in [2.75, 3.05) is 6.61 Å². The third-order valence-corrected chi connectivity index (χ3v) is 1.37. The zero-order valence-corrected chi connectivity index (χ0v) is 6.37.